The quantitative estimate of drug-likeness (QED) is 0.781. The summed E-state index contributed by atoms with van der Waals surface area (Å²) in [4.78, 5) is 10.3. The van der Waals surface area contributed by atoms with E-state index in [2.05, 4.69) is 4.72 Å². The SMILES string of the molecule is COC(CNS(=O)(=O)c1ccc(C)c(F)c1)CC(=O)O. The zero-order valence-corrected chi connectivity index (χ0v) is 11.9. The molecule has 1 aromatic rings. The highest BCUT2D eigenvalue weighted by Gasteiger charge is 2.19. The number of rotatable bonds is 7. The molecule has 20 heavy (non-hydrogen) atoms. The summed E-state index contributed by atoms with van der Waals surface area (Å²) in [6.45, 7) is 1.31. The minimum Gasteiger partial charge on any atom is -0.481 e. The van der Waals surface area contributed by atoms with E-state index in [1.165, 1.54) is 26.2 Å². The third kappa shape index (κ3) is 4.55. The van der Waals surface area contributed by atoms with E-state index < -0.39 is 27.9 Å². The fourth-order valence-electron chi connectivity index (χ4n) is 1.46. The van der Waals surface area contributed by atoms with Gasteiger partial charge in [0.05, 0.1) is 17.4 Å². The number of aryl methyl sites for hydroxylation is 1. The number of carboxylic acids is 1. The second kappa shape index (κ2) is 6.78. The third-order valence-electron chi connectivity index (χ3n) is 2.69. The van der Waals surface area contributed by atoms with E-state index in [1.807, 2.05) is 0 Å². The molecule has 1 rings (SSSR count). The first-order chi connectivity index (χ1) is 9.26. The van der Waals surface area contributed by atoms with Gasteiger partial charge in [-0.2, -0.15) is 0 Å². The van der Waals surface area contributed by atoms with Gasteiger partial charge in [-0.1, -0.05) is 6.07 Å². The lowest BCUT2D eigenvalue weighted by Gasteiger charge is -2.14. The van der Waals surface area contributed by atoms with Crippen molar-refractivity contribution in [2.24, 2.45) is 0 Å². The van der Waals surface area contributed by atoms with Gasteiger partial charge in [-0.15, -0.1) is 0 Å². The molecule has 0 radical (unpaired) electrons. The molecule has 112 valence electrons. The largest absolute Gasteiger partial charge is 0.481 e. The summed E-state index contributed by atoms with van der Waals surface area (Å²) in [6, 6.07) is 3.55. The second-order valence-electron chi connectivity index (χ2n) is 4.22. The van der Waals surface area contributed by atoms with Crippen molar-refractivity contribution in [1.29, 1.82) is 0 Å². The highest BCUT2D eigenvalue weighted by Crippen LogP contribution is 2.14. The third-order valence-corrected chi connectivity index (χ3v) is 4.11. The summed E-state index contributed by atoms with van der Waals surface area (Å²) in [6.07, 6.45) is -1.13. The van der Waals surface area contributed by atoms with Gasteiger partial charge in [0.25, 0.3) is 0 Å². The Kier molecular flexibility index (Phi) is 5.61. The number of aliphatic carboxylic acids is 1. The fourth-order valence-corrected chi connectivity index (χ4v) is 2.54. The van der Waals surface area contributed by atoms with Gasteiger partial charge in [-0.05, 0) is 24.6 Å². The standard InChI is InChI=1S/C12H16FNO5S/c1-8-3-4-10(6-11(8)13)20(17,18)14-7-9(19-2)5-12(15)16/h3-4,6,9,14H,5,7H2,1-2H3,(H,15,16). The monoisotopic (exact) mass is 305 g/mol. The molecule has 0 bridgehead atoms. The number of carboxylic acid groups (broad SMARTS) is 1. The molecule has 1 aromatic carbocycles. The Bertz CT molecular complexity index is 588. The molecule has 0 aromatic heterocycles. The van der Waals surface area contributed by atoms with Crippen molar-refractivity contribution in [1.82, 2.24) is 4.72 Å². The summed E-state index contributed by atoms with van der Waals surface area (Å²) in [5.41, 5.74) is 0.338. The lowest BCUT2D eigenvalue weighted by atomic mass is 10.2. The van der Waals surface area contributed by atoms with E-state index in [1.54, 1.807) is 0 Å². The lowest BCUT2D eigenvalue weighted by Crippen LogP contribution is -2.34. The minimum absolute atomic E-state index is 0.208. The first kappa shape index (κ1) is 16.5. The van der Waals surface area contributed by atoms with Gasteiger partial charge in [0.1, 0.15) is 5.82 Å². The number of ether oxygens (including phenoxy) is 1. The van der Waals surface area contributed by atoms with Crippen molar-refractivity contribution in [3.05, 3.63) is 29.6 Å². The highest BCUT2D eigenvalue weighted by atomic mass is 32.2. The Hall–Kier alpha value is -1.51. The van der Waals surface area contributed by atoms with Crippen LogP contribution in [0.1, 0.15) is 12.0 Å². The minimum atomic E-state index is -3.90. The van der Waals surface area contributed by atoms with E-state index in [0.29, 0.717) is 5.56 Å². The topological polar surface area (TPSA) is 92.7 Å². The maximum Gasteiger partial charge on any atom is 0.306 e. The number of benzene rings is 1. The fraction of sp³-hybridized carbons (Fsp3) is 0.417. The summed E-state index contributed by atoms with van der Waals surface area (Å²) < 4.78 is 44.2. The van der Waals surface area contributed by atoms with Crippen molar-refractivity contribution in [2.75, 3.05) is 13.7 Å². The molecule has 8 heteroatoms. The van der Waals surface area contributed by atoms with Crippen LogP contribution in [0.4, 0.5) is 4.39 Å². The van der Waals surface area contributed by atoms with Crippen LogP contribution in [0.5, 0.6) is 0 Å². The molecule has 2 N–H and O–H groups in total. The molecule has 6 nitrogen and oxygen atoms in total. The zero-order chi connectivity index (χ0) is 15.3. The Morgan fingerprint density at radius 2 is 2.15 bits per heavy atom. The first-order valence-corrected chi connectivity index (χ1v) is 7.25. The van der Waals surface area contributed by atoms with Crippen LogP contribution in [-0.4, -0.2) is 39.3 Å². The normalized spacial score (nSPS) is 13.2. The molecule has 0 saturated heterocycles. The van der Waals surface area contributed by atoms with Crippen molar-refractivity contribution in [3.63, 3.8) is 0 Å². The van der Waals surface area contributed by atoms with Crippen LogP contribution >= 0.6 is 0 Å². The van der Waals surface area contributed by atoms with Crippen molar-refractivity contribution in [2.45, 2.75) is 24.3 Å². The molecule has 0 aliphatic carbocycles. The molecule has 1 unspecified atom stereocenters. The molecular formula is C12H16FNO5S. The Labute approximate surface area is 116 Å². The van der Waals surface area contributed by atoms with Gasteiger partial charge in [0.15, 0.2) is 0 Å². The molecule has 0 aliphatic rings. The van der Waals surface area contributed by atoms with Crippen LogP contribution in [0, 0.1) is 12.7 Å². The Morgan fingerprint density at radius 1 is 1.50 bits per heavy atom. The van der Waals surface area contributed by atoms with Gasteiger partial charge in [-0.25, -0.2) is 17.5 Å². The molecule has 0 fully saturated rings. The number of nitrogens with one attached hydrogen (secondary N) is 1. The number of hydrogen-bond acceptors (Lipinski definition) is 4. The molecule has 0 aliphatic heterocycles. The van der Waals surface area contributed by atoms with Crippen LogP contribution in [0.25, 0.3) is 0 Å². The van der Waals surface area contributed by atoms with E-state index in [0.717, 1.165) is 6.07 Å². The number of halogens is 1. The van der Waals surface area contributed by atoms with E-state index in [9.17, 15) is 17.6 Å². The van der Waals surface area contributed by atoms with Gasteiger partial charge in [0, 0.05) is 13.7 Å². The van der Waals surface area contributed by atoms with Crippen LogP contribution in [-0.2, 0) is 19.6 Å². The number of methoxy groups -OCH3 is 1. The van der Waals surface area contributed by atoms with Crippen molar-refractivity contribution >= 4 is 16.0 Å². The van der Waals surface area contributed by atoms with Gasteiger partial charge >= 0.3 is 5.97 Å². The van der Waals surface area contributed by atoms with E-state index in [-0.39, 0.29) is 17.9 Å². The summed E-state index contributed by atoms with van der Waals surface area (Å²) in [7, 11) is -2.62. The Balaban J connectivity index is 2.79. The molecule has 1 atom stereocenters. The lowest BCUT2D eigenvalue weighted by molar-refractivity contribution is -0.139. The molecule has 0 amide bonds. The number of carbonyl (C=O) groups is 1. The molecular weight excluding hydrogens is 289 g/mol. The average molecular weight is 305 g/mol. The van der Waals surface area contributed by atoms with Crippen LogP contribution < -0.4 is 4.72 Å². The van der Waals surface area contributed by atoms with Crippen molar-refractivity contribution in [3.8, 4) is 0 Å². The van der Waals surface area contributed by atoms with Crippen LogP contribution in [0.3, 0.4) is 0 Å². The maximum atomic E-state index is 13.4. The van der Waals surface area contributed by atoms with Crippen LogP contribution in [0.2, 0.25) is 0 Å². The van der Waals surface area contributed by atoms with Gasteiger partial charge in [0.2, 0.25) is 10.0 Å². The second-order valence-corrected chi connectivity index (χ2v) is 5.99. The maximum absolute atomic E-state index is 13.4. The molecule has 0 spiro atoms. The summed E-state index contributed by atoms with van der Waals surface area (Å²) >= 11 is 0. The average Bonchev–Trinajstić information content (AvgIpc) is 2.37. The summed E-state index contributed by atoms with van der Waals surface area (Å²) in [5.74, 6) is -1.72. The first-order valence-electron chi connectivity index (χ1n) is 5.76. The van der Waals surface area contributed by atoms with Crippen molar-refractivity contribution < 1.29 is 27.4 Å². The van der Waals surface area contributed by atoms with Gasteiger partial charge < -0.3 is 9.84 Å². The van der Waals surface area contributed by atoms with E-state index >= 15 is 0 Å². The summed E-state index contributed by atoms with van der Waals surface area (Å²) in [5, 5.41) is 8.62. The zero-order valence-electron chi connectivity index (χ0n) is 11.1. The smallest absolute Gasteiger partial charge is 0.306 e. The molecule has 0 heterocycles. The van der Waals surface area contributed by atoms with Crippen LogP contribution in [0.15, 0.2) is 23.1 Å². The number of sulfonamides is 1. The predicted octanol–water partition coefficient (Wildman–Crippen LogP) is 0.902. The van der Waals surface area contributed by atoms with Gasteiger partial charge in [-0.3, -0.25) is 4.79 Å². The molecule has 0 saturated carbocycles. The highest BCUT2D eigenvalue weighted by molar-refractivity contribution is 7.89. The van der Waals surface area contributed by atoms with E-state index in [4.69, 9.17) is 9.84 Å². The predicted molar refractivity (Wildman–Crippen MR) is 69.4 cm³/mol. The number of hydrogen-bond donors (Lipinski definition) is 2. The Morgan fingerprint density at radius 3 is 2.65 bits per heavy atom.